The minimum absolute atomic E-state index is 0.109. The van der Waals surface area contributed by atoms with Crippen molar-refractivity contribution in [2.75, 3.05) is 4.90 Å². The standard InChI is InChI=1S/C57H43N/c1-56(2)51-27-11-9-24-48(51)50-26-15-25-46(55(50)56)41-18-13-21-44(36-41)58(54-29-14-17-39-16-7-8-22-45(39)54)43-33-30-38(31-34-43)40-32-35-49-47-23-10-12-28-52(47)57(3,53(49)37-40)42-19-5-4-6-20-42/h4-37H,1-3H3. The van der Waals surface area contributed by atoms with E-state index in [-0.39, 0.29) is 10.8 Å². The molecular formula is C57H43N. The van der Waals surface area contributed by atoms with Crippen molar-refractivity contribution in [3.63, 3.8) is 0 Å². The smallest absolute Gasteiger partial charge is 0.0540 e. The number of rotatable bonds is 6. The Balaban J connectivity index is 1.03. The molecule has 0 aromatic heterocycles. The number of nitrogens with zero attached hydrogens (tertiary/aromatic N) is 1. The Bertz CT molecular complexity index is 3040. The highest BCUT2D eigenvalue weighted by Gasteiger charge is 2.41. The Hall–Kier alpha value is -6.96. The van der Waals surface area contributed by atoms with Gasteiger partial charge in [-0.15, -0.1) is 0 Å². The van der Waals surface area contributed by atoms with E-state index in [0.717, 1.165) is 17.1 Å². The van der Waals surface area contributed by atoms with Crippen LogP contribution in [0.25, 0.3) is 55.3 Å². The maximum atomic E-state index is 2.43. The third kappa shape index (κ3) is 5.10. The van der Waals surface area contributed by atoms with Crippen molar-refractivity contribution in [1.82, 2.24) is 0 Å². The first-order chi connectivity index (χ1) is 28.4. The zero-order chi connectivity index (χ0) is 39.0. The molecule has 0 N–H and O–H groups in total. The molecule has 0 heterocycles. The summed E-state index contributed by atoms with van der Waals surface area (Å²) >= 11 is 0. The predicted molar refractivity (Wildman–Crippen MR) is 245 cm³/mol. The van der Waals surface area contributed by atoms with Gasteiger partial charge in [0.1, 0.15) is 0 Å². The molecule has 0 aliphatic heterocycles. The molecule has 0 saturated carbocycles. The molecule has 9 aromatic rings. The lowest BCUT2D eigenvalue weighted by atomic mass is 9.74. The van der Waals surface area contributed by atoms with Crippen LogP contribution in [0.4, 0.5) is 17.1 Å². The molecule has 2 aliphatic rings. The zero-order valence-corrected chi connectivity index (χ0v) is 33.1. The molecule has 9 aromatic carbocycles. The summed E-state index contributed by atoms with van der Waals surface area (Å²) in [4.78, 5) is 2.43. The first-order valence-electron chi connectivity index (χ1n) is 20.4. The van der Waals surface area contributed by atoms with Crippen LogP contribution in [0.5, 0.6) is 0 Å². The fourth-order valence-electron chi connectivity index (χ4n) is 10.3. The molecule has 2 aliphatic carbocycles. The molecule has 0 fully saturated rings. The van der Waals surface area contributed by atoms with Crippen LogP contribution in [0.3, 0.4) is 0 Å². The van der Waals surface area contributed by atoms with Gasteiger partial charge in [-0.25, -0.2) is 0 Å². The van der Waals surface area contributed by atoms with Gasteiger partial charge in [0.25, 0.3) is 0 Å². The van der Waals surface area contributed by atoms with E-state index in [2.05, 4.69) is 232 Å². The SMILES string of the molecule is CC1(C)c2ccccc2-c2cccc(-c3cccc(N(c4ccc(-c5ccc6c(c5)C(C)(c5ccccc5)c5ccccc5-6)cc4)c4cccc5ccccc45)c3)c21. The number of benzene rings is 9. The molecule has 276 valence electrons. The number of hydrogen-bond acceptors (Lipinski definition) is 1. The molecule has 0 bridgehead atoms. The van der Waals surface area contributed by atoms with Crippen LogP contribution in [0.2, 0.25) is 0 Å². The van der Waals surface area contributed by atoms with Gasteiger partial charge in [-0.2, -0.15) is 0 Å². The number of anilines is 3. The Morgan fingerprint density at radius 2 is 0.966 bits per heavy atom. The maximum Gasteiger partial charge on any atom is 0.0540 e. The molecule has 0 spiro atoms. The lowest BCUT2D eigenvalue weighted by molar-refractivity contribution is 0.662. The molecule has 0 saturated heterocycles. The van der Waals surface area contributed by atoms with Crippen LogP contribution in [0.1, 0.15) is 48.6 Å². The molecule has 0 amide bonds. The van der Waals surface area contributed by atoms with Crippen LogP contribution >= 0.6 is 0 Å². The van der Waals surface area contributed by atoms with Gasteiger partial charge in [-0.3, -0.25) is 0 Å². The van der Waals surface area contributed by atoms with Gasteiger partial charge in [0.2, 0.25) is 0 Å². The van der Waals surface area contributed by atoms with Crippen molar-refractivity contribution in [2.45, 2.75) is 31.6 Å². The highest BCUT2D eigenvalue weighted by Crippen LogP contribution is 2.54. The van der Waals surface area contributed by atoms with Crippen molar-refractivity contribution in [2.24, 2.45) is 0 Å². The van der Waals surface area contributed by atoms with Crippen LogP contribution in [-0.4, -0.2) is 0 Å². The van der Waals surface area contributed by atoms with Crippen LogP contribution in [0, 0.1) is 0 Å². The van der Waals surface area contributed by atoms with Gasteiger partial charge in [-0.05, 0) is 121 Å². The van der Waals surface area contributed by atoms with Crippen molar-refractivity contribution in [3.05, 3.63) is 234 Å². The highest BCUT2D eigenvalue weighted by molar-refractivity contribution is 6.00. The summed E-state index contributed by atoms with van der Waals surface area (Å²) in [5, 5.41) is 2.44. The molecule has 1 unspecified atom stereocenters. The molecule has 1 heteroatoms. The molecule has 0 radical (unpaired) electrons. The summed E-state index contributed by atoms with van der Waals surface area (Å²) in [6.07, 6.45) is 0. The van der Waals surface area contributed by atoms with Crippen molar-refractivity contribution < 1.29 is 0 Å². The van der Waals surface area contributed by atoms with E-state index in [9.17, 15) is 0 Å². The minimum atomic E-state index is -0.240. The average Bonchev–Trinajstić information content (AvgIpc) is 3.68. The summed E-state index contributed by atoms with van der Waals surface area (Å²) in [6.45, 7) is 7.13. The second kappa shape index (κ2) is 13.0. The normalized spacial score (nSPS) is 15.7. The predicted octanol–water partition coefficient (Wildman–Crippen LogP) is 15.3. The monoisotopic (exact) mass is 741 g/mol. The zero-order valence-electron chi connectivity index (χ0n) is 33.1. The molecule has 1 atom stereocenters. The van der Waals surface area contributed by atoms with E-state index >= 15 is 0 Å². The average molecular weight is 742 g/mol. The molecular weight excluding hydrogens is 699 g/mol. The highest BCUT2D eigenvalue weighted by atomic mass is 15.1. The van der Waals surface area contributed by atoms with Gasteiger partial charge in [0.05, 0.1) is 5.69 Å². The Kier molecular flexibility index (Phi) is 7.72. The second-order valence-electron chi connectivity index (χ2n) is 16.6. The maximum absolute atomic E-state index is 2.43. The lowest BCUT2D eigenvalue weighted by Gasteiger charge is -2.29. The van der Waals surface area contributed by atoms with Gasteiger partial charge in [-0.1, -0.05) is 184 Å². The Morgan fingerprint density at radius 1 is 0.362 bits per heavy atom. The van der Waals surface area contributed by atoms with Crippen LogP contribution < -0.4 is 4.90 Å². The Labute approximate surface area is 341 Å². The third-order valence-corrected chi connectivity index (χ3v) is 13.1. The minimum Gasteiger partial charge on any atom is -0.310 e. The third-order valence-electron chi connectivity index (χ3n) is 13.1. The molecule has 1 nitrogen and oxygen atoms in total. The summed E-state index contributed by atoms with van der Waals surface area (Å²) in [5.74, 6) is 0. The number of hydrogen-bond donors (Lipinski definition) is 0. The summed E-state index contributed by atoms with van der Waals surface area (Å²) in [6, 6.07) is 76.4. The Morgan fingerprint density at radius 3 is 1.79 bits per heavy atom. The first kappa shape index (κ1) is 34.3. The fourth-order valence-corrected chi connectivity index (χ4v) is 10.3. The summed E-state index contributed by atoms with van der Waals surface area (Å²) < 4.78 is 0. The van der Waals surface area contributed by atoms with Gasteiger partial charge in [0.15, 0.2) is 0 Å². The second-order valence-corrected chi connectivity index (χ2v) is 16.6. The quantitative estimate of drug-likeness (QED) is 0.164. The molecule has 11 rings (SSSR count). The molecule has 58 heavy (non-hydrogen) atoms. The van der Waals surface area contributed by atoms with Crippen LogP contribution in [0.15, 0.2) is 206 Å². The van der Waals surface area contributed by atoms with Gasteiger partial charge in [0, 0.05) is 27.6 Å². The van der Waals surface area contributed by atoms with E-state index in [4.69, 9.17) is 0 Å². The van der Waals surface area contributed by atoms with Gasteiger partial charge >= 0.3 is 0 Å². The topological polar surface area (TPSA) is 3.24 Å². The van der Waals surface area contributed by atoms with Crippen molar-refractivity contribution in [1.29, 1.82) is 0 Å². The van der Waals surface area contributed by atoms with Crippen molar-refractivity contribution >= 4 is 27.8 Å². The van der Waals surface area contributed by atoms with Crippen LogP contribution in [-0.2, 0) is 10.8 Å². The van der Waals surface area contributed by atoms with E-state index in [1.807, 2.05) is 0 Å². The largest absolute Gasteiger partial charge is 0.310 e. The number of fused-ring (bicyclic) bond motifs is 7. The summed E-state index contributed by atoms with van der Waals surface area (Å²) in [7, 11) is 0. The summed E-state index contributed by atoms with van der Waals surface area (Å²) in [5.41, 5.74) is 20.1. The van der Waals surface area contributed by atoms with E-state index in [0.29, 0.717) is 0 Å². The fraction of sp³-hybridized carbons (Fsp3) is 0.0877. The van der Waals surface area contributed by atoms with Gasteiger partial charge < -0.3 is 4.90 Å². The van der Waals surface area contributed by atoms with E-state index in [1.165, 1.54) is 83.1 Å². The van der Waals surface area contributed by atoms with E-state index < -0.39 is 0 Å². The lowest BCUT2D eigenvalue weighted by Crippen LogP contribution is -2.22. The van der Waals surface area contributed by atoms with E-state index in [1.54, 1.807) is 0 Å². The first-order valence-corrected chi connectivity index (χ1v) is 20.4. The van der Waals surface area contributed by atoms with Crippen molar-refractivity contribution in [3.8, 4) is 44.5 Å².